The van der Waals surface area contributed by atoms with Gasteiger partial charge in [0.2, 0.25) is 0 Å². The molecule has 1 aromatic rings. The van der Waals surface area contributed by atoms with Gasteiger partial charge in [0, 0.05) is 12.6 Å². The molecule has 1 saturated heterocycles. The van der Waals surface area contributed by atoms with E-state index in [0.717, 1.165) is 18.9 Å². The second-order valence-corrected chi connectivity index (χ2v) is 7.17. The summed E-state index contributed by atoms with van der Waals surface area (Å²) in [7, 11) is 0. The van der Waals surface area contributed by atoms with E-state index in [0.29, 0.717) is 6.04 Å². The van der Waals surface area contributed by atoms with Gasteiger partial charge >= 0.3 is 0 Å². The van der Waals surface area contributed by atoms with Crippen LogP contribution in [0.2, 0.25) is 0 Å². The second-order valence-electron chi connectivity index (χ2n) is 7.17. The topological polar surface area (TPSA) is 21.3 Å². The summed E-state index contributed by atoms with van der Waals surface area (Å²) in [6, 6.07) is 9.39. The zero-order valence-corrected chi connectivity index (χ0v) is 13.7. The van der Waals surface area contributed by atoms with Crippen LogP contribution in [0.1, 0.15) is 63.7 Å². The molecule has 2 atom stereocenters. The lowest BCUT2D eigenvalue weighted by Crippen LogP contribution is -2.56. The highest BCUT2D eigenvalue weighted by atomic mass is 16.5. The third kappa shape index (κ3) is 3.17. The van der Waals surface area contributed by atoms with Crippen LogP contribution in [0.4, 0.5) is 0 Å². The zero-order chi connectivity index (χ0) is 14.9. The van der Waals surface area contributed by atoms with Gasteiger partial charge in [-0.15, -0.1) is 0 Å². The van der Waals surface area contributed by atoms with Gasteiger partial charge in [0.25, 0.3) is 0 Å². The fourth-order valence-corrected chi connectivity index (χ4v) is 3.75. The fraction of sp³-hybridized carbons (Fsp3) is 0.684. The van der Waals surface area contributed by atoms with Gasteiger partial charge in [-0.3, -0.25) is 0 Å². The number of benzene rings is 1. The molecule has 2 aliphatic rings. The van der Waals surface area contributed by atoms with E-state index in [9.17, 15) is 0 Å². The smallest absolute Gasteiger partial charge is 0.0983 e. The van der Waals surface area contributed by atoms with E-state index in [1.165, 1.54) is 36.8 Å². The van der Waals surface area contributed by atoms with Crippen LogP contribution >= 0.6 is 0 Å². The molecule has 3 rings (SSSR count). The summed E-state index contributed by atoms with van der Waals surface area (Å²) >= 11 is 0. The van der Waals surface area contributed by atoms with Crippen molar-refractivity contribution in [3.63, 3.8) is 0 Å². The second kappa shape index (κ2) is 6.10. The van der Waals surface area contributed by atoms with E-state index in [1.54, 1.807) is 0 Å². The lowest BCUT2D eigenvalue weighted by molar-refractivity contribution is -0.155. The van der Waals surface area contributed by atoms with E-state index >= 15 is 0 Å². The van der Waals surface area contributed by atoms with Gasteiger partial charge in [0.05, 0.1) is 11.7 Å². The molecule has 1 saturated carbocycles. The van der Waals surface area contributed by atoms with Gasteiger partial charge in [-0.1, -0.05) is 38.1 Å². The molecule has 0 radical (unpaired) electrons. The molecule has 2 nitrogen and oxygen atoms in total. The van der Waals surface area contributed by atoms with Gasteiger partial charge in [-0.2, -0.15) is 0 Å². The van der Waals surface area contributed by atoms with E-state index in [2.05, 4.69) is 50.4 Å². The Balaban J connectivity index is 1.76. The largest absolute Gasteiger partial charge is 0.364 e. The number of ether oxygens (including phenoxy) is 1. The van der Waals surface area contributed by atoms with Crippen molar-refractivity contribution in [2.75, 3.05) is 6.54 Å². The lowest BCUT2D eigenvalue weighted by Gasteiger charge is -2.48. The maximum atomic E-state index is 6.67. The highest BCUT2D eigenvalue weighted by molar-refractivity contribution is 5.26. The van der Waals surface area contributed by atoms with E-state index in [4.69, 9.17) is 4.74 Å². The number of hydrogen-bond donors (Lipinski definition) is 1. The van der Waals surface area contributed by atoms with Crippen molar-refractivity contribution in [2.45, 2.75) is 70.6 Å². The number of aryl methyl sites for hydroxylation is 1. The van der Waals surface area contributed by atoms with Crippen LogP contribution in [-0.2, 0) is 11.2 Å². The highest BCUT2D eigenvalue weighted by Gasteiger charge is 2.42. The molecule has 2 heteroatoms. The van der Waals surface area contributed by atoms with Gasteiger partial charge in [-0.05, 0) is 56.1 Å². The van der Waals surface area contributed by atoms with Gasteiger partial charge in [0.15, 0.2) is 0 Å². The minimum atomic E-state index is 0.0765. The summed E-state index contributed by atoms with van der Waals surface area (Å²) in [5, 5.41) is 3.71. The Kier molecular flexibility index (Phi) is 4.37. The number of hydrogen-bond acceptors (Lipinski definition) is 2. The van der Waals surface area contributed by atoms with Crippen molar-refractivity contribution >= 4 is 0 Å². The molecule has 0 aromatic heterocycles. The summed E-state index contributed by atoms with van der Waals surface area (Å²) < 4.78 is 6.67. The Morgan fingerprint density at radius 1 is 1.14 bits per heavy atom. The van der Waals surface area contributed by atoms with Gasteiger partial charge in [0.1, 0.15) is 0 Å². The van der Waals surface area contributed by atoms with E-state index in [-0.39, 0.29) is 11.7 Å². The monoisotopic (exact) mass is 287 g/mol. The van der Waals surface area contributed by atoms with Crippen LogP contribution in [0.15, 0.2) is 24.3 Å². The van der Waals surface area contributed by atoms with Crippen LogP contribution in [0.5, 0.6) is 0 Å². The molecule has 1 aliphatic heterocycles. The normalized spacial score (nSPS) is 36.8. The van der Waals surface area contributed by atoms with Crippen LogP contribution in [-0.4, -0.2) is 18.2 Å². The van der Waals surface area contributed by atoms with E-state index in [1.807, 2.05) is 0 Å². The Hall–Kier alpha value is -0.860. The minimum Gasteiger partial charge on any atom is -0.364 e. The Labute approximate surface area is 129 Å². The van der Waals surface area contributed by atoms with Crippen LogP contribution < -0.4 is 5.32 Å². The molecule has 0 bridgehead atoms. The summed E-state index contributed by atoms with van der Waals surface area (Å²) in [4.78, 5) is 0. The van der Waals surface area contributed by atoms with Crippen molar-refractivity contribution in [1.29, 1.82) is 0 Å². The van der Waals surface area contributed by atoms with Crippen molar-refractivity contribution in [1.82, 2.24) is 5.32 Å². The molecule has 2 fully saturated rings. The molecular weight excluding hydrogens is 258 g/mol. The summed E-state index contributed by atoms with van der Waals surface area (Å²) in [6.07, 6.45) is 6.31. The standard InChI is InChI=1S/C19H29NO/c1-4-16-5-7-17(8-6-16)18-15(3)20-13-19(21-18)11-9-14(2)10-12-19/h5-8,14-15,18,20H,4,9-13H2,1-3H3. The van der Waals surface area contributed by atoms with Crippen molar-refractivity contribution in [2.24, 2.45) is 5.92 Å². The molecule has 1 aromatic carbocycles. The van der Waals surface area contributed by atoms with Crippen molar-refractivity contribution in [3.05, 3.63) is 35.4 Å². The van der Waals surface area contributed by atoms with Crippen LogP contribution in [0.3, 0.4) is 0 Å². The maximum absolute atomic E-state index is 6.67. The summed E-state index contributed by atoms with van der Waals surface area (Å²) in [6.45, 7) is 7.84. The minimum absolute atomic E-state index is 0.0765. The summed E-state index contributed by atoms with van der Waals surface area (Å²) in [5.41, 5.74) is 2.80. The highest BCUT2D eigenvalue weighted by Crippen LogP contribution is 2.41. The van der Waals surface area contributed by atoms with Crippen LogP contribution in [0, 0.1) is 5.92 Å². The number of morpholine rings is 1. The first-order valence-electron chi connectivity index (χ1n) is 8.62. The predicted octanol–water partition coefficient (Wildman–Crippen LogP) is 4.25. The molecule has 21 heavy (non-hydrogen) atoms. The van der Waals surface area contributed by atoms with Crippen molar-refractivity contribution < 1.29 is 4.74 Å². The van der Waals surface area contributed by atoms with Gasteiger partial charge in [-0.25, -0.2) is 0 Å². The third-order valence-corrected chi connectivity index (χ3v) is 5.48. The molecular formula is C19H29NO. The molecule has 1 N–H and O–H groups in total. The van der Waals surface area contributed by atoms with E-state index < -0.39 is 0 Å². The molecule has 2 unspecified atom stereocenters. The first-order valence-corrected chi connectivity index (χ1v) is 8.62. The molecule has 0 amide bonds. The average Bonchev–Trinajstić information content (AvgIpc) is 2.53. The Bertz CT molecular complexity index is 453. The maximum Gasteiger partial charge on any atom is 0.0983 e. The lowest BCUT2D eigenvalue weighted by atomic mass is 9.78. The first kappa shape index (κ1) is 15.1. The fourth-order valence-electron chi connectivity index (χ4n) is 3.75. The van der Waals surface area contributed by atoms with Crippen molar-refractivity contribution in [3.8, 4) is 0 Å². The molecule has 116 valence electrons. The average molecular weight is 287 g/mol. The zero-order valence-electron chi connectivity index (χ0n) is 13.7. The van der Waals surface area contributed by atoms with Gasteiger partial charge < -0.3 is 10.1 Å². The SMILES string of the molecule is CCc1ccc(C2OC3(CCC(C)CC3)CNC2C)cc1. The quantitative estimate of drug-likeness (QED) is 0.878. The number of nitrogens with one attached hydrogen (secondary N) is 1. The molecule has 1 heterocycles. The van der Waals surface area contributed by atoms with Crippen LogP contribution in [0.25, 0.3) is 0 Å². The number of rotatable bonds is 2. The third-order valence-electron chi connectivity index (χ3n) is 5.48. The Morgan fingerprint density at radius 3 is 2.43 bits per heavy atom. The predicted molar refractivity (Wildman–Crippen MR) is 87.5 cm³/mol. The first-order chi connectivity index (χ1) is 10.1. The molecule has 1 aliphatic carbocycles. The Morgan fingerprint density at radius 2 is 1.81 bits per heavy atom. The summed E-state index contributed by atoms with van der Waals surface area (Å²) in [5.74, 6) is 0.862. The molecule has 1 spiro atoms.